The fraction of sp³-hybridized carbons (Fsp3) is 0.364. The van der Waals surface area contributed by atoms with Crippen molar-refractivity contribution in [2.75, 3.05) is 0 Å². The Morgan fingerprint density at radius 2 is 0.714 bits per heavy atom. The van der Waals surface area contributed by atoms with Gasteiger partial charge in [0, 0.05) is 69.4 Å². The van der Waals surface area contributed by atoms with Crippen LogP contribution in [0.4, 0.5) is 0 Å². The van der Waals surface area contributed by atoms with E-state index in [9.17, 15) is 0 Å². The number of aromatic amines is 2. The molecule has 16 bridgehead atoms. The third-order valence-electron chi connectivity index (χ3n) is 14.1. The predicted octanol–water partition coefficient (Wildman–Crippen LogP) is 11.2. The molecular formula is C44H37BrN4. The highest BCUT2D eigenvalue weighted by atomic mass is 79.9. The number of aromatic nitrogens is 4. The molecule has 2 aliphatic heterocycles. The Morgan fingerprint density at radius 1 is 0.408 bits per heavy atom. The number of rotatable bonds is 0. The van der Waals surface area contributed by atoms with Crippen molar-refractivity contribution in [3.8, 4) is 0 Å². The van der Waals surface area contributed by atoms with Crippen molar-refractivity contribution < 1.29 is 0 Å². The molecule has 0 spiro atoms. The van der Waals surface area contributed by atoms with Gasteiger partial charge in [-0.05, 0) is 130 Å². The summed E-state index contributed by atoms with van der Waals surface area (Å²) >= 11 is 4.25. The van der Waals surface area contributed by atoms with Gasteiger partial charge in [-0.25, -0.2) is 9.97 Å². The van der Waals surface area contributed by atoms with E-state index in [2.05, 4.69) is 92.7 Å². The van der Waals surface area contributed by atoms with Gasteiger partial charge < -0.3 is 9.97 Å². The maximum atomic E-state index is 5.62. The van der Waals surface area contributed by atoms with Crippen LogP contribution in [-0.4, -0.2) is 19.9 Å². The molecule has 240 valence electrons. The topological polar surface area (TPSA) is 57.4 Å². The molecule has 2 N–H and O–H groups in total. The molecule has 5 heteroatoms. The van der Waals surface area contributed by atoms with Gasteiger partial charge in [-0.15, -0.1) is 0 Å². The van der Waals surface area contributed by atoms with Crippen LogP contribution >= 0.6 is 15.9 Å². The maximum Gasteiger partial charge on any atom is 0.0842 e. The van der Waals surface area contributed by atoms with E-state index in [-0.39, 0.29) is 0 Å². The molecule has 0 aromatic carbocycles. The number of H-pyrrole nitrogens is 2. The van der Waals surface area contributed by atoms with Gasteiger partial charge in [0.1, 0.15) is 0 Å². The Labute approximate surface area is 294 Å². The lowest BCUT2D eigenvalue weighted by Crippen LogP contribution is -2.19. The summed E-state index contributed by atoms with van der Waals surface area (Å²) < 4.78 is 1.09. The third-order valence-corrected chi connectivity index (χ3v) is 14.8. The molecule has 17 rings (SSSR count). The van der Waals surface area contributed by atoms with E-state index in [0.29, 0.717) is 47.3 Å². The Balaban J connectivity index is 1.21. The number of hydrogen-bond donors (Lipinski definition) is 2. The standard InChI is InChI=1S/C44H37BrN4/c45-42-43-40-26-13-9-24(10-14-26)38(40)32(48-43)18-30-36-22-5-1-20(2-6-22)34(36)28(46-30)17-29-35-21-3-7-23(8-4-21)37(35)31(47-29)19-33-39-25-11-15-27(16-12-25)41(39)44(42)49-33/h1,3,5,7,9,11,13,15,17-27,46-47H,2,4,6,8,10,12,14,16H2. The molecule has 49 heavy (non-hydrogen) atoms. The molecular weight excluding hydrogens is 664 g/mol. The zero-order valence-electron chi connectivity index (χ0n) is 27.4. The highest BCUT2D eigenvalue weighted by molar-refractivity contribution is 9.10. The quantitative estimate of drug-likeness (QED) is 0.229. The molecule has 4 nitrogen and oxygen atoms in total. The van der Waals surface area contributed by atoms with E-state index in [4.69, 9.17) is 9.97 Å². The molecule has 0 fully saturated rings. The van der Waals surface area contributed by atoms with Crippen molar-refractivity contribution in [3.63, 3.8) is 0 Å². The van der Waals surface area contributed by atoms with Crippen LogP contribution < -0.4 is 0 Å². The van der Waals surface area contributed by atoms with Crippen LogP contribution in [0.3, 0.4) is 0 Å². The first kappa shape index (κ1) is 26.8. The summed E-state index contributed by atoms with van der Waals surface area (Å²) in [7, 11) is 0. The second-order valence-corrected chi connectivity index (χ2v) is 17.1. The molecule has 0 saturated carbocycles. The monoisotopic (exact) mass is 700 g/mol. The van der Waals surface area contributed by atoms with Crippen LogP contribution in [-0.2, 0) is 0 Å². The van der Waals surface area contributed by atoms with E-state index in [1.165, 1.54) is 118 Å². The van der Waals surface area contributed by atoms with Crippen LogP contribution in [0.15, 0.2) is 71.3 Å². The molecule has 3 aromatic rings. The Bertz CT molecular complexity index is 2310. The summed E-state index contributed by atoms with van der Waals surface area (Å²) in [6.45, 7) is 0. The fourth-order valence-electron chi connectivity index (χ4n) is 12.0. The number of allylic oxidation sites excluding steroid dienone is 12. The predicted molar refractivity (Wildman–Crippen MR) is 201 cm³/mol. The first-order chi connectivity index (χ1) is 24.2. The minimum absolute atomic E-state index is 0.417. The minimum Gasteiger partial charge on any atom is -0.355 e. The fourth-order valence-corrected chi connectivity index (χ4v) is 12.6. The molecule has 3 aromatic heterocycles. The third kappa shape index (κ3) is 3.37. The largest absolute Gasteiger partial charge is 0.355 e. The summed E-state index contributed by atoms with van der Waals surface area (Å²) in [4.78, 5) is 19.4. The van der Waals surface area contributed by atoms with Crippen molar-refractivity contribution >= 4 is 60.3 Å². The number of nitrogens with zero attached hydrogens (tertiary/aromatic N) is 2. The number of hydrogen-bond acceptors (Lipinski definition) is 2. The van der Waals surface area contributed by atoms with E-state index >= 15 is 0 Å². The average molecular weight is 702 g/mol. The first-order valence-corrected chi connectivity index (χ1v) is 19.7. The van der Waals surface area contributed by atoms with Crippen molar-refractivity contribution in [2.24, 2.45) is 23.7 Å². The zero-order chi connectivity index (χ0) is 31.7. The van der Waals surface area contributed by atoms with Crippen LogP contribution in [0.25, 0.3) is 44.4 Å². The molecule has 12 aliphatic carbocycles. The van der Waals surface area contributed by atoms with E-state index in [0.717, 1.165) is 27.2 Å². The SMILES string of the molecule is Brc1c2nc(cc3[nH]c(cc4[nH]c(cc5nc1C1=C5C5C=CC1CC5)c1c4C4C=CC1CC4)c1c3C3C=CC1CC3)C1=C2C2C=CC1CC2. The van der Waals surface area contributed by atoms with Crippen LogP contribution in [0.1, 0.15) is 120 Å². The van der Waals surface area contributed by atoms with E-state index in [1.54, 1.807) is 0 Å². The van der Waals surface area contributed by atoms with Gasteiger partial charge in [-0.3, -0.25) is 0 Å². The van der Waals surface area contributed by atoms with Gasteiger partial charge in [-0.1, -0.05) is 48.6 Å². The highest BCUT2D eigenvalue weighted by Gasteiger charge is 2.42. The van der Waals surface area contributed by atoms with Gasteiger partial charge in [0.15, 0.2) is 0 Å². The van der Waals surface area contributed by atoms with Crippen molar-refractivity contribution in [1.29, 1.82) is 0 Å². The van der Waals surface area contributed by atoms with Crippen molar-refractivity contribution in [1.82, 2.24) is 19.9 Å². The Morgan fingerprint density at radius 3 is 1.06 bits per heavy atom. The summed E-state index contributed by atoms with van der Waals surface area (Å²) in [5, 5.41) is 0. The summed E-state index contributed by atoms with van der Waals surface area (Å²) in [6.07, 6.45) is 29.6. The molecule has 0 amide bonds. The lowest BCUT2D eigenvalue weighted by Gasteiger charge is -2.34. The summed E-state index contributed by atoms with van der Waals surface area (Å²) in [6, 6.07) is 7.36. The first-order valence-electron chi connectivity index (χ1n) is 18.9. The smallest absolute Gasteiger partial charge is 0.0842 e. The van der Waals surface area contributed by atoms with Crippen LogP contribution in [0.2, 0.25) is 0 Å². The maximum absolute atomic E-state index is 5.62. The van der Waals surface area contributed by atoms with Gasteiger partial charge >= 0.3 is 0 Å². The zero-order valence-corrected chi connectivity index (χ0v) is 29.0. The normalized spacial score (nSPS) is 33.1. The summed E-state index contributed by atoms with van der Waals surface area (Å²) in [5.41, 5.74) is 21.5. The lowest BCUT2D eigenvalue weighted by molar-refractivity contribution is 0.557. The van der Waals surface area contributed by atoms with Crippen molar-refractivity contribution in [3.05, 3.63) is 116 Å². The average Bonchev–Trinajstić information content (AvgIpc) is 3.94. The number of nitrogens with one attached hydrogen (secondary N) is 2. The molecule has 0 saturated heterocycles. The lowest BCUT2D eigenvalue weighted by atomic mass is 9.69. The summed E-state index contributed by atoms with van der Waals surface area (Å²) in [5.74, 6) is 3.57. The van der Waals surface area contributed by atoms with Gasteiger partial charge in [-0.2, -0.15) is 0 Å². The molecule has 8 unspecified atom stereocenters. The van der Waals surface area contributed by atoms with Crippen LogP contribution in [0.5, 0.6) is 0 Å². The van der Waals surface area contributed by atoms with Gasteiger partial charge in [0.25, 0.3) is 0 Å². The molecule has 5 heterocycles. The van der Waals surface area contributed by atoms with Crippen LogP contribution in [0, 0.1) is 23.7 Å². The van der Waals surface area contributed by atoms with Gasteiger partial charge in [0.2, 0.25) is 0 Å². The van der Waals surface area contributed by atoms with E-state index < -0.39 is 0 Å². The number of halogens is 1. The Kier molecular flexibility index (Phi) is 5.05. The van der Waals surface area contributed by atoms with Crippen molar-refractivity contribution in [2.45, 2.75) is 75.0 Å². The second-order valence-electron chi connectivity index (χ2n) is 16.4. The molecule has 0 radical (unpaired) electrons. The Hall–Kier alpha value is -3.96. The van der Waals surface area contributed by atoms with E-state index in [1.807, 2.05) is 0 Å². The minimum atomic E-state index is 0.417. The second kappa shape index (κ2) is 9.23. The molecule has 8 atom stereocenters. The molecule has 14 aliphatic rings. The van der Waals surface area contributed by atoms with Gasteiger partial charge in [0.05, 0.1) is 27.2 Å². The highest BCUT2D eigenvalue weighted by Crippen LogP contribution is 2.57. The number of fused-ring (bicyclic) bond motifs is 12.